The van der Waals surface area contributed by atoms with E-state index in [4.69, 9.17) is 5.11 Å². The molecule has 0 radical (unpaired) electrons. The number of carbonyl (C=O) groups is 1. The Morgan fingerprint density at radius 1 is 0.941 bits per heavy atom. The van der Waals surface area contributed by atoms with Gasteiger partial charge in [-0.25, -0.2) is 4.79 Å². The number of hydrogen-bond acceptors (Lipinski definition) is 1. The molecule has 2 atom stereocenters. The van der Waals surface area contributed by atoms with Crippen LogP contribution in [-0.4, -0.2) is 11.1 Å². The van der Waals surface area contributed by atoms with Crippen LogP contribution in [0.1, 0.15) is 12.8 Å². The second-order valence-electron chi connectivity index (χ2n) is 5.15. The molecule has 0 aliphatic heterocycles. The molecule has 4 aliphatic rings. The van der Waals surface area contributed by atoms with Gasteiger partial charge in [-0.3, -0.25) is 0 Å². The number of aliphatic carboxylic acids is 1. The van der Waals surface area contributed by atoms with Crippen molar-refractivity contribution < 1.29 is 9.90 Å². The van der Waals surface area contributed by atoms with Crippen molar-refractivity contribution in [1.82, 2.24) is 0 Å². The van der Waals surface area contributed by atoms with E-state index in [1.807, 2.05) is 12.2 Å². The average molecular weight is 228 g/mol. The molecule has 2 unspecified atom stereocenters. The number of carboxylic acid groups (broad SMARTS) is 1. The van der Waals surface area contributed by atoms with Crippen molar-refractivity contribution in [3.8, 4) is 0 Å². The summed E-state index contributed by atoms with van der Waals surface area (Å²) < 4.78 is 0. The largest absolute Gasteiger partial charge is 0.478 e. The summed E-state index contributed by atoms with van der Waals surface area (Å²) in [5.74, 6) is 1.49. The van der Waals surface area contributed by atoms with Crippen molar-refractivity contribution in [2.75, 3.05) is 0 Å². The topological polar surface area (TPSA) is 37.3 Å². The van der Waals surface area contributed by atoms with Crippen LogP contribution in [0.25, 0.3) is 0 Å². The summed E-state index contributed by atoms with van der Waals surface area (Å²) in [5.41, 5.74) is 0.590. The Bertz CT molecular complexity index is 426. The normalized spacial score (nSPS) is 38.2. The Morgan fingerprint density at radius 3 is 1.76 bits per heavy atom. The van der Waals surface area contributed by atoms with Gasteiger partial charge in [-0.05, 0) is 30.6 Å². The van der Waals surface area contributed by atoms with Gasteiger partial charge in [0, 0.05) is 11.5 Å². The predicted octanol–water partition coefficient (Wildman–Crippen LogP) is 2.95. The van der Waals surface area contributed by atoms with Crippen LogP contribution in [-0.2, 0) is 4.79 Å². The Kier molecular flexibility index (Phi) is 2.50. The van der Waals surface area contributed by atoms with E-state index in [1.165, 1.54) is 6.42 Å². The van der Waals surface area contributed by atoms with Gasteiger partial charge in [0.15, 0.2) is 0 Å². The highest BCUT2D eigenvalue weighted by atomic mass is 16.4. The first-order valence-electron chi connectivity index (χ1n) is 6.22. The maximum Gasteiger partial charge on any atom is 0.331 e. The second-order valence-corrected chi connectivity index (χ2v) is 5.15. The fourth-order valence-electron chi connectivity index (χ4n) is 2.99. The third kappa shape index (κ3) is 1.99. The molecule has 0 saturated heterocycles. The molecular formula is C15H16O2. The molecule has 17 heavy (non-hydrogen) atoms. The van der Waals surface area contributed by atoms with Gasteiger partial charge in [0.05, 0.1) is 0 Å². The van der Waals surface area contributed by atoms with Crippen LogP contribution in [0.5, 0.6) is 0 Å². The standard InChI is InChI=1S/C8H8O2.C7H8/c9-8(10)7-4-5-1-2-6(7)3-5;1-2-7-4-3-6(1)5-7/h1-2,4-6H,3H2,(H,9,10);1-4,6-7H,5H2. The molecule has 0 fully saturated rings. The van der Waals surface area contributed by atoms with Gasteiger partial charge in [0.2, 0.25) is 0 Å². The minimum absolute atomic E-state index is 0.211. The van der Waals surface area contributed by atoms with Crippen LogP contribution in [0, 0.1) is 23.7 Å². The summed E-state index contributed by atoms with van der Waals surface area (Å²) in [7, 11) is 0. The van der Waals surface area contributed by atoms with Crippen LogP contribution < -0.4 is 0 Å². The molecule has 0 aromatic rings. The smallest absolute Gasteiger partial charge is 0.331 e. The molecule has 0 aromatic carbocycles. The van der Waals surface area contributed by atoms with Crippen molar-refractivity contribution in [3.63, 3.8) is 0 Å². The molecule has 0 amide bonds. The van der Waals surface area contributed by atoms with Gasteiger partial charge in [-0.1, -0.05) is 42.5 Å². The van der Waals surface area contributed by atoms with E-state index in [0.29, 0.717) is 11.5 Å². The number of allylic oxidation sites excluding steroid dienone is 7. The summed E-state index contributed by atoms with van der Waals surface area (Å²) in [6.45, 7) is 0. The zero-order valence-corrected chi connectivity index (χ0v) is 9.62. The van der Waals surface area contributed by atoms with Crippen molar-refractivity contribution in [1.29, 1.82) is 0 Å². The van der Waals surface area contributed by atoms with E-state index >= 15 is 0 Å². The molecule has 0 saturated carbocycles. The van der Waals surface area contributed by atoms with Gasteiger partial charge >= 0.3 is 5.97 Å². The maximum absolute atomic E-state index is 10.5. The molecular weight excluding hydrogens is 212 g/mol. The molecule has 1 N–H and O–H groups in total. The van der Waals surface area contributed by atoms with E-state index < -0.39 is 5.97 Å². The molecule has 4 rings (SSSR count). The van der Waals surface area contributed by atoms with E-state index in [-0.39, 0.29) is 5.92 Å². The zero-order valence-electron chi connectivity index (χ0n) is 9.62. The Hall–Kier alpha value is -1.57. The van der Waals surface area contributed by atoms with E-state index in [9.17, 15) is 4.79 Å². The molecule has 0 spiro atoms. The fraction of sp³-hybridized carbons (Fsp3) is 0.400. The maximum atomic E-state index is 10.5. The van der Waals surface area contributed by atoms with Crippen LogP contribution >= 0.6 is 0 Å². The molecule has 0 aromatic heterocycles. The van der Waals surface area contributed by atoms with Crippen molar-refractivity contribution in [2.45, 2.75) is 12.8 Å². The lowest BCUT2D eigenvalue weighted by molar-refractivity contribution is -0.133. The first kappa shape index (κ1) is 10.6. The SMILES string of the molecule is C1=CC2C=CC1C2.O=C(O)C1=CC2C=CC1C2. The highest BCUT2D eigenvalue weighted by molar-refractivity contribution is 5.88. The van der Waals surface area contributed by atoms with Crippen molar-refractivity contribution in [3.05, 3.63) is 48.1 Å². The van der Waals surface area contributed by atoms with Gasteiger partial charge < -0.3 is 5.11 Å². The summed E-state index contributed by atoms with van der Waals surface area (Å²) >= 11 is 0. The monoisotopic (exact) mass is 228 g/mol. The Morgan fingerprint density at radius 2 is 1.53 bits per heavy atom. The van der Waals surface area contributed by atoms with Gasteiger partial charge in [0.25, 0.3) is 0 Å². The van der Waals surface area contributed by atoms with Crippen LogP contribution in [0.3, 0.4) is 0 Å². The van der Waals surface area contributed by atoms with Gasteiger partial charge in [-0.2, -0.15) is 0 Å². The average Bonchev–Trinajstić information content (AvgIpc) is 3.10. The second kappa shape index (κ2) is 4.02. The molecule has 88 valence electrons. The Labute approximate surface area is 101 Å². The van der Waals surface area contributed by atoms with Crippen molar-refractivity contribution in [2.24, 2.45) is 23.7 Å². The summed E-state index contributed by atoms with van der Waals surface area (Å²) in [6.07, 6.45) is 17.5. The zero-order chi connectivity index (χ0) is 11.8. The lowest BCUT2D eigenvalue weighted by Crippen LogP contribution is -2.05. The lowest BCUT2D eigenvalue weighted by atomic mass is 10.0. The number of hydrogen-bond donors (Lipinski definition) is 1. The van der Waals surface area contributed by atoms with Crippen LogP contribution in [0.15, 0.2) is 48.1 Å². The number of rotatable bonds is 1. The highest BCUT2D eigenvalue weighted by Gasteiger charge is 2.31. The van der Waals surface area contributed by atoms with E-state index in [2.05, 4.69) is 30.4 Å². The first-order valence-corrected chi connectivity index (χ1v) is 6.22. The molecule has 0 heterocycles. The molecule has 4 aliphatic carbocycles. The summed E-state index contributed by atoms with van der Waals surface area (Å²) in [6, 6.07) is 0. The predicted molar refractivity (Wildman–Crippen MR) is 66.3 cm³/mol. The van der Waals surface area contributed by atoms with E-state index in [0.717, 1.165) is 18.3 Å². The van der Waals surface area contributed by atoms with Gasteiger partial charge in [-0.15, -0.1) is 0 Å². The lowest BCUT2D eigenvalue weighted by Gasteiger charge is -2.01. The summed E-state index contributed by atoms with van der Waals surface area (Å²) in [5, 5.41) is 8.63. The highest BCUT2D eigenvalue weighted by Crippen LogP contribution is 2.37. The molecule has 4 bridgehead atoms. The number of carboxylic acids is 1. The number of fused-ring (bicyclic) bond motifs is 4. The first-order chi connectivity index (χ1) is 8.22. The summed E-state index contributed by atoms with van der Waals surface area (Å²) in [4.78, 5) is 10.5. The third-order valence-electron chi connectivity index (χ3n) is 3.91. The van der Waals surface area contributed by atoms with Crippen molar-refractivity contribution >= 4 is 5.97 Å². The molecule has 2 nitrogen and oxygen atoms in total. The van der Waals surface area contributed by atoms with Crippen LogP contribution in [0.2, 0.25) is 0 Å². The van der Waals surface area contributed by atoms with Gasteiger partial charge in [0.1, 0.15) is 0 Å². The fourth-order valence-corrected chi connectivity index (χ4v) is 2.99. The minimum atomic E-state index is -0.753. The van der Waals surface area contributed by atoms with Crippen LogP contribution in [0.4, 0.5) is 0 Å². The Balaban J connectivity index is 0.000000113. The minimum Gasteiger partial charge on any atom is -0.478 e. The third-order valence-corrected chi connectivity index (χ3v) is 3.91. The van der Waals surface area contributed by atoms with E-state index in [1.54, 1.807) is 0 Å². The quantitative estimate of drug-likeness (QED) is 0.700. The molecule has 2 heteroatoms.